The molecule has 19 heavy (non-hydrogen) atoms. The number of sulfone groups is 1. The Hall–Kier alpha value is -0.820. The van der Waals surface area contributed by atoms with E-state index in [1.807, 2.05) is 0 Å². The molecule has 0 aromatic heterocycles. The molecule has 0 saturated heterocycles. The summed E-state index contributed by atoms with van der Waals surface area (Å²) in [5.74, 6) is 0.469. The third-order valence-electron chi connectivity index (χ3n) is 2.44. The molecule has 0 aliphatic heterocycles. The fourth-order valence-corrected chi connectivity index (χ4v) is 1.78. The number of hydrogen-bond donors (Lipinski definition) is 2. The fourth-order valence-electron chi connectivity index (χ4n) is 1.36. The first-order valence-electron chi connectivity index (χ1n) is 6.75. The molecule has 3 N–H and O–H groups in total. The van der Waals surface area contributed by atoms with Crippen molar-refractivity contribution < 1.29 is 13.2 Å². The van der Waals surface area contributed by atoms with Crippen molar-refractivity contribution in [3.8, 4) is 0 Å². The van der Waals surface area contributed by atoms with Crippen LogP contribution in [0.15, 0.2) is 4.99 Å². The lowest BCUT2D eigenvalue weighted by molar-refractivity contribution is 0.154. The Morgan fingerprint density at radius 2 is 2.00 bits per heavy atom. The summed E-state index contributed by atoms with van der Waals surface area (Å²) in [6, 6.07) is 0. The highest BCUT2D eigenvalue weighted by Crippen LogP contribution is 1.98. The fraction of sp³-hybridized carbons (Fsp3) is 0.917. The first-order valence-corrected chi connectivity index (χ1v) is 8.81. The normalized spacial score (nSPS) is 12.6. The largest absolute Gasteiger partial charge is 0.379 e. The molecule has 0 aromatic rings. The lowest BCUT2D eigenvalue weighted by atomic mass is 10.2. The second-order valence-electron chi connectivity index (χ2n) is 4.50. The summed E-state index contributed by atoms with van der Waals surface area (Å²) in [4.78, 5) is 4.18. The van der Waals surface area contributed by atoms with Gasteiger partial charge in [-0.15, -0.1) is 0 Å². The van der Waals surface area contributed by atoms with Crippen LogP contribution in [0.2, 0.25) is 0 Å². The molecular formula is C12H27N3O3S. The molecule has 0 atom stereocenters. The summed E-state index contributed by atoms with van der Waals surface area (Å²) >= 11 is 0. The van der Waals surface area contributed by atoms with Crippen LogP contribution in [0.25, 0.3) is 0 Å². The number of nitrogens with two attached hydrogens (primary N) is 1. The Bertz CT molecular complexity index is 342. The van der Waals surface area contributed by atoms with Gasteiger partial charge in [0.2, 0.25) is 0 Å². The maximum Gasteiger partial charge on any atom is 0.188 e. The van der Waals surface area contributed by atoms with Gasteiger partial charge in [-0.25, -0.2) is 8.42 Å². The lowest BCUT2D eigenvalue weighted by Gasteiger charge is -2.06. The summed E-state index contributed by atoms with van der Waals surface area (Å²) in [5, 5.41) is 2.92. The predicted molar refractivity (Wildman–Crippen MR) is 79.2 cm³/mol. The van der Waals surface area contributed by atoms with Crippen LogP contribution in [0.3, 0.4) is 0 Å². The molecule has 0 spiro atoms. The van der Waals surface area contributed by atoms with E-state index in [-0.39, 0.29) is 12.4 Å². The highest BCUT2D eigenvalue weighted by molar-refractivity contribution is 7.90. The zero-order valence-electron chi connectivity index (χ0n) is 12.0. The average Bonchev–Trinajstić information content (AvgIpc) is 2.32. The quantitative estimate of drug-likeness (QED) is 0.329. The molecule has 114 valence electrons. The second kappa shape index (κ2) is 11.0. The summed E-state index contributed by atoms with van der Waals surface area (Å²) < 4.78 is 26.8. The van der Waals surface area contributed by atoms with E-state index in [1.54, 1.807) is 0 Å². The van der Waals surface area contributed by atoms with Crippen molar-refractivity contribution in [1.82, 2.24) is 5.32 Å². The van der Waals surface area contributed by atoms with E-state index in [4.69, 9.17) is 10.5 Å². The lowest BCUT2D eigenvalue weighted by Crippen LogP contribution is -2.34. The van der Waals surface area contributed by atoms with Crippen molar-refractivity contribution in [3.05, 3.63) is 0 Å². The molecule has 0 amide bonds. The summed E-state index contributed by atoms with van der Waals surface area (Å²) in [6.07, 6.45) is 5.88. The minimum atomic E-state index is -2.94. The van der Waals surface area contributed by atoms with E-state index in [0.29, 0.717) is 19.1 Å². The Labute approximate surface area is 116 Å². The smallest absolute Gasteiger partial charge is 0.188 e. The molecule has 7 heteroatoms. The van der Waals surface area contributed by atoms with Gasteiger partial charge in [-0.3, -0.25) is 4.99 Å². The Kier molecular flexibility index (Phi) is 10.6. The van der Waals surface area contributed by atoms with Crippen molar-refractivity contribution in [3.63, 3.8) is 0 Å². The van der Waals surface area contributed by atoms with Crippen LogP contribution in [0.4, 0.5) is 0 Å². The minimum Gasteiger partial charge on any atom is -0.379 e. The molecule has 0 rings (SSSR count). The number of guanidine groups is 1. The van der Waals surface area contributed by atoms with E-state index < -0.39 is 9.84 Å². The molecule has 0 bridgehead atoms. The molecule has 0 unspecified atom stereocenters. The number of rotatable bonds is 11. The molecule has 0 heterocycles. The topological polar surface area (TPSA) is 93.8 Å². The van der Waals surface area contributed by atoms with Gasteiger partial charge in [-0.1, -0.05) is 26.2 Å². The van der Waals surface area contributed by atoms with Crippen molar-refractivity contribution in [2.24, 2.45) is 10.7 Å². The molecule has 0 aromatic carbocycles. The first kappa shape index (κ1) is 18.2. The zero-order chi connectivity index (χ0) is 14.6. The maximum absolute atomic E-state index is 10.8. The molecule has 0 saturated carbocycles. The van der Waals surface area contributed by atoms with Crippen LogP contribution in [-0.2, 0) is 14.6 Å². The summed E-state index contributed by atoms with van der Waals surface area (Å²) in [5.41, 5.74) is 5.66. The molecule has 0 aliphatic rings. The Balaban J connectivity index is 3.42. The number of nitrogens with zero attached hydrogens (tertiary/aromatic N) is 1. The maximum atomic E-state index is 10.8. The number of ether oxygens (including phenoxy) is 1. The molecular weight excluding hydrogens is 266 g/mol. The van der Waals surface area contributed by atoms with Crippen LogP contribution < -0.4 is 11.1 Å². The molecule has 6 nitrogen and oxygen atoms in total. The highest BCUT2D eigenvalue weighted by Gasteiger charge is 2.00. The Morgan fingerprint density at radius 3 is 2.63 bits per heavy atom. The van der Waals surface area contributed by atoms with E-state index in [2.05, 4.69) is 17.2 Å². The third kappa shape index (κ3) is 15.1. The number of unbranched alkanes of at least 4 members (excludes halogenated alkanes) is 3. The van der Waals surface area contributed by atoms with Crippen LogP contribution in [0.5, 0.6) is 0 Å². The van der Waals surface area contributed by atoms with Gasteiger partial charge in [-0.2, -0.15) is 0 Å². The van der Waals surface area contributed by atoms with Gasteiger partial charge in [0.05, 0.1) is 19.0 Å². The third-order valence-corrected chi connectivity index (χ3v) is 3.35. The van der Waals surface area contributed by atoms with Crippen molar-refractivity contribution in [2.75, 3.05) is 38.3 Å². The molecule has 0 fully saturated rings. The van der Waals surface area contributed by atoms with E-state index in [9.17, 15) is 8.42 Å². The van der Waals surface area contributed by atoms with Crippen LogP contribution in [0, 0.1) is 0 Å². The van der Waals surface area contributed by atoms with Gasteiger partial charge >= 0.3 is 0 Å². The zero-order valence-corrected chi connectivity index (χ0v) is 12.8. The van der Waals surface area contributed by atoms with Gasteiger partial charge in [0.25, 0.3) is 0 Å². The van der Waals surface area contributed by atoms with Crippen molar-refractivity contribution in [2.45, 2.75) is 32.6 Å². The molecule has 0 aliphatic carbocycles. The highest BCUT2D eigenvalue weighted by atomic mass is 32.2. The van der Waals surface area contributed by atoms with Crippen molar-refractivity contribution >= 4 is 15.8 Å². The van der Waals surface area contributed by atoms with Gasteiger partial charge in [0.15, 0.2) is 5.96 Å². The van der Waals surface area contributed by atoms with Gasteiger partial charge in [0, 0.05) is 19.3 Å². The summed E-state index contributed by atoms with van der Waals surface area (Å²) in [7, 11) is -2.94. The van der Waals surface area contributed by atoms with E-state index >= 15 is 0 Å². The Morgan fingerprint density at radius 1 is 1.26 bits per heavy atom. The number of hydrogen-bond acceptors (Lipinski definition) is 4. The summed E-state index contributed by atoms with van der Waals surface area (Å²) in [6.45, 7) is 4.08. The monoisotopic (exact) mass is 293 g/mol. The first-order chi connectivity index (χ1) is 8.95. The van der Waals surface area contributed by atoms with E-state index in [1.165, 1.54) is 25.5 Å². The minimum absolute atomic E-state index is 0.0496. The van der Waals surface area contributed by atoms with E-state index in [0.717, 1.165) is 13.0 Å². The number of nitrogens with one attached hydrogen (secondary N) is 1. The van der Waals surface area contributed by atoms with Gasteiger partial charge in [0.1, 0.15) is 9.84 Å². The standard InChI is InChI=1S/C12H27N3O3S/c1-3-4-5-6-7-14-12(13)15-8-9-18-10-11-19(2,16)17/h3-11H2,1-2H3,(H3,13,14,15). The van der Waals surface area contributed by atoms with Gasteiger partial charge in [-0.05, 0) is 6.42 Å². The SMILES string of the molecule is CCCCCCN=C(N)NCCOCCS(C)(=O)=O. The van der Waals surface area contributed by atoms with Crippen LogP contribution >= 0.6 is 0 Å². The average molecular weight is 293 g/mol. The molecule has 0 radical (unpaired) electrons. The van der Waals surface area contributed by atoms with Crippen LogP contribution in [-0.4, -0.2) is 52.7 Å². The van der Waals surface area contributed by atoms with Crippen molar-refractivity contribution in [1.29, 1.82) is 0 Å². The predicted octanol–water partition coefficient (Wildman–Crippen LogP) is 0.532. The van der Waals surface area contributed by atoms with Gasteiger partial charge < -0.3 is 15.8 Å². The van der Waals surface area contributed by atoms with Crippen LogP contribution in [0.1, 0.15) is 32.6 Å². The second-order valence-corrected chi connectivity index (χ2v) is 6.76. The number of aliphatic imine (C=N–C) groups is 1.